The molecule has 0 aliphatic heterocycles. The zero-order chi connectivity index (χ0) is 11.8. The predicted octanol–water partition coefficient (Wildman–Crippen LogP) is 0.477. The number of carboxylic acid groups (broad SMARTS) is 1. The lowest BCUT2D eigenvalue weighted by Gasteiger charge is -1.94. The van der Waals surface area contributed by atoms with Crippen molar-refractivity contribution in [2.24, 2.45) is 0 Å². The second-order valence-corrected chi connectivity index (χ2v) is 4.36. The van der Waals surface area contributed by atoms with E-state index in [2.05, 4.69) is 10.7 Å². The molecule has 0 aromatic heterocycles. The van der Waals surface area contributed by atoms with Gasteiger partial charge in [-0.25, -0.2) is 4.72 Å². The fourth-order valence-electron chi connectivity index (χ4n) is 0.208. The van der Waals surface area contributed by atoms with E-state index < -0.39 is 21.1 Å². The molecular formula is C6H12ClNO5S. The molecule has 0 radical (unpaired) electrons. The Hall–Kier alpha value is -0.820. The van der Waals surface area contributed by atoms with Gasteiger partial charge in [0.15, 0.2) is 0 Å². The van der Waals surface area contributed by atoms with Gasteiger partial charge in [0.1, 0.15) is 0 Å². The van der Waals surface area contributed by atoms with Crippen LogP contribution in [0.15, 0.2) is 0 Å². The average Bonchev–Trinajstić information content (AvgIpc) is 2.02. The first kappa shape index (κ1) is 15.6. The first-order valence-electron chi connectivity index (χ1n) is 3.69. The maximum absolute atomic E-state index is 10.3. The molecule has 14 heavy (non-hydrogen) atoms. The van der Waals surface area contributed by atoms with E-state index in [1.54, 1.807) is 11.6 Å². The Balaban J connectivity index is 0. The highest BCUT2D eigenvalue weighted by atomic mass is 35.7. The van der Waals surface area contributed by atoms with Crippen LogP contribution in [0.5, 0.6) is 0 Å². The summed E-state index contributed by atoms with van der Waals surface area (Å²) in [6.07, 6.45) is 0.325. The molecule has 0 aromatic rings. The van der Waals surface area contributed by atoms with Crippen LogP contribution in [0.2, 0.25) is 0 Å². The van der Waals surface area contributed by atoms with E-state index in [0.29, 0.717) is 0 Å². The molecule has 0 unspecified atom stereocenters. The number of aliphatic carboxylic acids is 1. The molecule has 0 atom stereocenters. The Morgan fingerprint density at radius 2 is 1.64 bits per heavy atom. The Morgan fingerprint density at radius 1 is 1.29 bits per heavy atom. The highest BCUT2D eigenvalue weighted by molar-refractivity contribution is 8.12. The normalized spacial score (nSPS) is 9.64. The molecule has 0 heterocycles. The maximum Gasteiger partial charge on any atom is 0.321 e. The van der Waals surface area contributed by atoms with Gasteiger partial charge in [-0.1, -0.05) is 13.8 Å². The van der Waals surface area contributed by atoms with Gasteiger partial charge < -0.3 is 5.11 Å². The average molecular weight is 246 g/mol. The van der Waals surface area contributed by atoms with Gasteiger partial charge in [0.05, 0.1) is 0 Å². The third-order valence-corrected chi connectivity index (χ3v) is 1.56. The van der Waals surface area contributed by atoms with Crippen molar-refractivity contribution in [2.75, 3.05) is 0 Å². The number of hydrogen-bond acceptors (Lipinski definition) is 4. The van der Waals surface area contributed by atoms with Crippen molar-refractivity contribution in [3.8, 4) is 0 Å². The summed E-state index contributed by atoms with van der Waals surface area (Å²) in [6, 6.07) is 0. The number of nitrogens with one attached hydrogen (secondary N) is 1. The molecule has 0 aliphatic rings. The van der Waals surface area contributed by atoms with Crippen molar-refractivity contribution in [1.82, 2.24) is 4.72 Å². The summed E-state index contributed by atoms with van der Waals surface area (Å²) in [6.45, 7) is 3.12. The van der Waals surface area contributed by atoms with Gasteiger partial charge in [-0.2, -0.15) is 8.42 Å². The van der Waals surface area contributed by atoms with Crippen molar-refractivity contribution in [3.05, 3.63) is 0 Å². The van der Waals surface area contributed by atoms with E-state index in [9.17, 15) is 18.0 Å². The first-order chi connectivity index (χ1) is 6.22. The molecule has 0 saturated heterocycles. The molecule has 6 nitrogen and oxygen atoms in total. The first-order valence-corrected chi connectivity index (χ1v) is 6.00. The summed E-state index contributed by atoms with van der Waals surface area (Å²) in [5.74, 6) is -1.35. The van der Waals surface area contributed by atoms with Crippen molar-refractivity contribution in [3.63, 3.8) is 0 Å². The number of amides is 1. The van der Waals surface area contributed by atoms with Crippen LogP contribution in [0.1, 0.15) is 26.7 Å². The van der Waals surface area contributed by atoms with Crippen LogP contribution in [-0.4, -0.2) is 25.4 Å². The Bertz CT molecular complexity index is 287. The molecule has 8 heteroatoms. The second-order valence-electron chi connectivity index (χ2n) is 2.06. The van der Waals surface area contributed by atoms with Crippen LogP contribution in [0.4, 0.5) is 0 Å². The van der Waals surface area contributed by atoms with E-state index in [4.69, 9.17) is 5.11 Å². The van der Waals surface area contributed by atoms with E-state index in [0.717, 1.165) is 0 Å². The molecule has 0 aromatic carbocycles. The minimum atomic E-state index is -3.86. The monoisotopic (exact) mass is 245 g/mol. The topological polar surface area (TPSA) is 101 Å². The quantitative estimate of drug-likeness (QED) is 0.705. The summed E-state index contributed by atoms with van der Waals surface area (Å²) in [5.41, 5.74) is 0. The molecule has 2 N–H and O–H groups in total. The standard InChI is InChI=1S/C3H6ClNO3S.C3H6O2/c1-2-3(6)5-9(4,7)8;1-2-3(4)5/h2H2,1H3,(H,5,6);2H2,1H3,(H,4,5). The van der Waals surface area contributed by atoms with Gasteiger partial charge in [-0.05, 0) is 0 Å². The highest BCUT2D eigenvalue weighted by Gasteiger charge is 2.06. The molecular weight excluding hydrogens is 234 g/mol. The number of rotatable bonds is 3. The number of hydrogen-bond donors (Lipinski definition) is 2. The second kappa shape index (κ2) is 7.57. The molecule has 0 bridgehead atoms. The third kappa shape index (κ3) is 17.3. The van der Waals surface area contributed by atoms with Crippen LogP contribution in [-0.2, 0) is 18.8 Å². The maximum atomic E-state index is 10.3. The van der Waals surface area contributed by atoms with Gasteiger partial charge in [-0.15, -0.1) is 0 Å². The summed E-state index contributed by atoms with van der Waals surface area (Å²) >= 11 is 0. The summed E-state index contributed by atoms with van der Waals surface area (Å²) in [7, 11) is 0.784. The van der Waals surface area contributed by atoms with E-state index >= 15 is 0 Å². The zero-order valence-electron chi connectivity index (χ0n) is 7.78. The van der Waals surface area contributed by atoms with Gasteiger partial charge in [0.2, 0.25) is 5.91 Å². The van der Waals surface area contributed by atoms with Crippen molar-refractivity contribution in [2.45, 2.75) is 26.7 Å². The van der Waals surface area contributed by atoms with Crippen LogP contribution in [0, 0.1) is 0 Å². The van der Waals surface area contributed by atoms with Gasteiger partial charge in [-0.3, -0.25) is 9.59 Å². The van der Waals surface area contributed by atoms with Crippen LogP contribution in [0.25, 0.3) is 0 Å². The van der Waals surface area contributed by atoms with Crippen molar-refractivity contribution >= 4 is 31.8 Å². The molecule has 0 aliphatic carbocycles. The molecule has 84 valence electrons. The molecule has 0 rings (SSSR count). The van der Waals surface area contributed by atoms with E-state index in [-0.39, 0.29) is 12.8 Å². The number of halogens is 1. The van der Waals surface area contributed by atoms with Crippen molar-refractivity contribution in [1.29, 1.82) is 0 Å². The van der Waals surface area contributed by atoms with Crippen LogP contribution in [0.3, 0.4) is 0 Å². The fourth-order valence-corrected chi connectivity index (χ4v) is 0.883. The summed E-state index contributed by atoms with van der Waals surface area (Å²) in [4.78, 5) is 19.6. The number of carbonyl (C=O) groups excluding carboxylic acids is 1. The van der Waals surface area contributed by atoms with Crippen LogP contribution < -0.4 is 4.72 Å². The lowest BCUT2D eigenvalue weighted by atomic mass is 10.5. The largest absolute Gasteiger partial charge is 0.481 e. The molecule has 0 spiro atoms. The molecule has 1 amide bonds. The fraction of sp³-hybridized carbons (Fsp3) is 0.667. The SMILES string of the molecule is CCC(=O)NS(=O)(=O)Cl.CCC(=O)O. The summed E-state index contributed by atoms with van der Waals surface area (Å²) in [5, 5.41) is 7.72. The van der Waals surface area contributed by atoms with Gasteiger partial charge >= 0.3 is 15.2 Å². The minimum absolute atomic E-state index is 0.103. The third-order valence-electron chi connectivity index (χ3n) is 0.859. The van der Waals surface area contributed by atoms with Gasteiger partial charge in [0, 0.05) is 23.5 Å². The predicted molar refractivity (Wildman–Crippen MR) is 51.1 cm³/mol. The number of carbonyl (C=O) groups is 2. The Morgan fingerprint density at radius 3 is 1.71 bits per heavy atom. The smallest absolute Gasteiger partial charge is 0.321 e. The lowest BCUT2D eigenvalue weighted by Crippen LogP contribution is -2.25. The molecule has 0 saturated carbocycles. The Kier molecular flexibility index (Phi) is 8.46. The summed E-state index contributed by atoms with van der Waals surface area (Å²) < 4.78 is 21.6. The minimum Gasteiger partial charge on any atom is -0.481 e. The lowest BCUT2D eigenvalue weighted by molar-refractivity contribution is -0.136. The van der Waals surface area contributed by atoms with E-state index in [1.165, 1.54) is 6.92 Å². The van der Waals surface area contributed by atoms with Crippen molar-refractivity contribution < 1.29 is 23.1 Å². The molecule has 0 fully saturated rings. The zero-order valence-corrected chi connectivity index (χ0v) is 9.35. The Labute approximate surface area is 86.8 Å². The van der Waals surface area contributed by atoms with Crippen LogP contribution >= 0.6 is 10.7 Å². The highest BCUT2D eigenvalue weighted by Crippen LogP contribution is 1.89. The van der Waals surface area contributed by atoms with E-state index in [1.807, 2.05) is 0 Å². The van der Waals surface area contributed by atoms with Gasteiger partial charge in [0.25, 0.3) is 0 Å². The number of carboxylic acids is 1.